The third-order valence-electron chi connectivity index (χ3n) is 2.63. The minimum Gasteiger partial charge on any atom is -0.126 e. The zero-order valence-corrected chi connectivity index (χ0v) is 10.6. The number of hydrogen-bond donors (Lipinski definition) is 0. The van der Waals surface area contributed by atoms with Gasteiger partial charge in [0.2, 0.25) is 11.6 Å². The quantitative estimate of drug-likeness (QED) is 0.716. The van der Waals surface area contributed by atoms with E-state index in [1.165, 1.54) is 0 Å². The second-order valence-electron chi connectivity index (χ2n) is 3.89. The summed E-state index contributed by atoms with van der Waals surface area (Å²) in [6.45, 7) is 0. The zero-order valence-electron chi connectivity index (χ0n) is 9.86. The van der Waals surface area contributed by atoms with Gasteiger partial charge < -0.3 is 0 Å². The van der Waals surface area contributed by atoms with Crippen LogP contribution in [0.4, 0.5) is 0 Å². The van der Waals surface area contributed by atoms with E-state index in [-0.39, 0.29) is 0 Å². The van der Waals surface area contributed by atoms with Crippen LogP contribution >= 0.6 is 11.6 Å². The fraction of sp³-hybridized carbons (Fsp3) is 0. The molecule has 1 aromatic heterocycles. The van der Waals surface area contributed by atoms with Gasteiger partial charge in [-0.2, -0.15) is 0 Å². The summed E-state index contributed by atoms with van der Waals surface area (Å²) in [5.74, 6) is 0.918. The second-order valence-corrected chi connectivity index (χ2v) is 4.30. The Morgan fingerprint density at radius 3 is 1.89 bits per heavy atom. The predicted octanol–water partition coefficient (Wildman–Crippen LogP) is 3.25. The Morgan fingerprint density at radius 2 is 1.21 bits per heavy atom. The van der Waals surface area contributed by atoms with Crippen LogP contribution in [0.3, 0.4) is 0 Å². The molecule has 0 bridgehead atoms. The first kappa shape index (κ1) is 11.7. The Balaban J connectivity index is 1.98. The van der Waals surface area contributed by atoms with Gasteiger partial charge in [-0.15, -0.1) is 20.4 Å². The van der Waals surface area contributed by atoms with Gasteiger partial charge in [0.05, 0.1) is 5.02 Å². The highest BCUT2D eigenvalue weighted by Crippen LogP contribution is 2.23. The first-order chi connectivity index (χ1) is 9.34. The van der Waals surface area contributed by atoms with Crippen LogP contribution in [0.15, 0.2) is 54.6 Å². The Labute approximate surface area is 115 Å². The van der Waals surface area contributed by atoms with Crippen LogP contribution in [0, 0.1) is 0 Å². The van der Waals surface area contributed by atoms with Crippen molar-refractivity contribution in [2.75, 3.05) is 0 Å². The van der Waals surface area contributed by atoms with E-state index in [4.69, 9.17) is 11.6 Å². The summed E-state index contributed by atoms with van der Waals surface area (Å²) in [7, 11) is 0. The number of aromatic nitrogens is 4. The van der Waals surface area contributed by atoms with E-state index in [2.05, 4.69) is 20.4 Å². The highest BCUT2D eigenvalue weighted by Gasteiger charge is 2.08. The largest absolute Gasteiger partial charge is 0.205 e. The molecule has 3 aromatic rings. The van der Waals surface area contributed by atoms with Crippen molar-refractivity contribution in [1.82, 2.24) is 20.4 Å². The SMILES string of the molecule is Clc1ccccc1-c1nnc(-c2ccccc2)nn1. The summed E-state index contributed by atoms with van der Waals surface area (Å²) >= 11 is 6.08. The van der Waals surface area contributed by atoms with Gasteiger partial charge in [-0.1, -0.05) is 54.1 Å². The first-order valence-electron chi connectivity index (χ1n) is 5.72. The van der Waals surface area contributed by atoms with E-state index in [9.17, 15) is 0 Å². The molecule has 1 heterocycles. The van der Waals surface area contributed by atoms with Crippen molar-refractivity contribution in [3.63, 3.8) is 0 Å². The summed E-state index contributed by atoms with van der Waals surface area (Å²) in [4.78, 5) is 0. The monoisotopic (exact) mass is 268 g/mol. The highest BCUT2D eigenvalue weighted by molar-refractivity contribution is 6.33. The number of nitrogens with zero attached hydrogens (tertiary/aromatic N) is 4. The molecule has 0 atom stereocenters. The van der Waals surface area contributed by atoms with Crippen LogP contribution in [-0.2, 0) is 0 Å². The molecule has 0 aliphatic heterocycles. The van der Waals surface area contributed by atoms with E-state index in [0.717, 1.165) is 11.1 Å². The maximum Gasteiger partial charge on any atom is 0.205 e. The molecule has 0 spiro atoms. The van der Waals surface area contributed by atoms with Gasteiger partial charge in [0.25, 0.3) is 0 Å². The molecule has 0 fully saturated rings. The number of rotatable bonds is 2. The summed E-state index contributed by atoms with van der Waals surface area (Å²) in [5.41, 5.74) is 1.61. The fourth-order valence-corrected chi connectivity index (χ4v) is 1.90. The van der Waals surface area contributed by atoms with Gasteiger partial charge in [-0.25, -0.2) is 0 Å². The normalized spacial score (nSPS) is 10.4. The molecule has 0 saturated heterocycles. The van der Waals surface area contributed by atoms with E-state index in [0.29, 0.717) is 16.7 Å². The Bertz CT molecular complexity index is 683. The number of hydrogen-bond acceptors (Lipinski definition) is 4. The van der Waals surface area contributed by atoms with Gasteiger partial charge in [-0.05, 0) is 12.1 Å². The molecular weight excluding hydrogens is 260 g/mol. The average molecular weight is 269 g/mol. The topological polar surface area (TPSA) is 51.6 Å². The molecule has 19 heavy (non-hydrogen) atoms. The van der Waals surface area contributed by atoms with Gasteiger partial charge in [-0.3, -0.25) is 0 Å². The molecule has 4 nitrogen and oxygen atoms in total. The van der Waals surface area contributed by atoms with Crippen molar-refractivity contribution in [3.8, 4) is 22.8 Å². The molecule has 0 saturated carbocycles. The zero-order chi connectivity index (χ0) is 13.1. The number of halogens is 1. The molecule has 2 aromatic carbocycles. The third kappa shape index (κ3) is 2.44. The first-order valence-corrected chi connectivity index (χ1v) is 6.10. The summed E-state index contributed by atoms with van der Waals surface area (Å²) in [5, 5.41) is 16.9. The van der Waals surface area contributed by atoms with E-state index in [1.54, 1.807) is 6.07 Å². The lowest BCUT2D eigenvalue weighted by Crippen LogP contribution is -1.99. The minimum atomic E-state index is 0.422. The fourth-order valence-electron chi connectivity index (χ4n) is 1.68. The lowest BCUT2D eigenvalue weighted by atomic mass is 10.2. The summed E-state index contributed by atoms with van der Waals surface area (Å²) in [6, 6.07) is 16.9. The Kier molecular flexibility index (Phi) is 3.16. The van der Waals surface area contributed by atoms with Gasteiger partial charge in [0, 0.05) is 11.1 Å². The van der Waals surface area contributed by atoms with Crippen LogP contribution in [0.5, 0.6) is 0 Å². The van der Waals surface area contributed by atoms with Gasteiger partial charge >= 0.3 is 0 Å². The van der Waals surface area contributed by atoms with Crippen molar-refractivity contribution in [3.05, 3.63) is 59.6 Å². The average Bonchev–Trinajstić information content (AvgIpc) is 2.49. The maximum absolute atomic E-state index is 6.08. The van der Waals surface area contributed by atoms with Crippen molar-refractivity contribution < 1.29 is 0 Å². The minimum absolute atomic E-state index is 0.422. The highest BCUT2D eigenvalue weighted by atomic mass is 35.5. The summed E-state index contributed by atoms with van der Waals surface area (Å²) in [6.07, 6.45) is 0. The lowest BCUT2D eigenvalue weighted by molar-refractivity contribution is 0.876. The van der Waals surface area contributed by atoms with Gasteiger partial charge in [0.15, 0.2) is 0 Å². The molecule has 0 aliphatic rings. The molecule has 0 unspecified atom stereocenters. The van der Waals surface area contributed by atoms with Crippen LogP contribution in [-0.4, -0.2) is 20.4 Å². The van der Waals surface area contributed by atoms with Crippen molar-refractivity contribution in [1.29, 1.82) is 0 Å². The van der Waals surface area contributed by atoms with E-state index in [1.807, 2.05) is 48.5 Å². The molecule has 0 N–H and O–H groups in total. The van der Waals surface area contributed by atoms with Gasteiger partial charge in [0.1, 0.15) is 0 Å². The van der Waals surface area contributed by atoms with Crippen LogP contribution in [0.2, 0.25) is 5.02 Å². The standard InChI is InChI=1S/C14H9ClN4/c15-12-9-5-4-8-11(12)14-18-16-13(17-19-14)10-6-2-1-3-7-10/h1-9H. The Morgan fingerprint density at radius 1 is 0.632 bits per heavy atom. The maximum atomic E-state index is 6.08. The van der Waals surface area contributed by atoms with Crippen molar-refractivity contribution >= 4 is 11.6 Å². The number of benzene rings is 2. The molecular formula is C14H9ClN4. The lowest BCUT2D eigenvalue weighted by Gasteiger charge is -2.02. The predicted molar refractivity (Wildman–Crippen MR) is 73.5 cm³/mol. The van der Waals surface area contributed by atoms with Crippen molar-refractivity contribution in [2.45, 2.75) is 0 Å². The molecule has 3 rings (SSSR count). The van der Waals surface area contributed by atoms with Crippen LogP contribution in [0.1, 0.15) is 0 Å². The molecule has 92 valence electrons. The van der Waals surface area contributed by atoms with Crippen molar-refractivity contribution in [2.24, 2.45) is 0 Å². The molecule has 0 aliphatic carbocycles. The second kappa shape index (κ2) is 5.12. The van der Waals surface area contributed by atoms with E-state index >= 15 is 0 Å². The molecule has 5 heteroatoms. The molecule has 0 radical (unpaired) electrons. The third-order valence-corrected chi connectivity index (χ3v) is 2.96. The Hall–Kier alpha value is -2.33. The summed E-state index contributed by atoms with van der Waals surface area (Å²) < 4.78 is 0. The molecule has 0 amide bonds. The van der Waals surface area contributed by atoms with E-state index < -0.39 is 0 Å². The van der Waals surface area contributed by atoms with Crippen LogP contribution < -0.4 is 0 Å². The smallest absolute Gasteiger partial charge is 0.126 e. The van der Waals surface area contributed by atoms with Crippen LogP contribution in [0.25, 0.3) is 22.8 Å².